The first-order valence-corrected chi connectivity index (χ1v) is 7.65. The Morgan fingerprint density at radius 2 is 1.79 bits per heavy atom. The zero-order valence-electron chi connectivity index (χ0n) is 12.3. The summed E-state index contributed by atoms with van der Waals surface area (Å²) in [6, 6.07) is 10.7. The van der Waals surface area contributed by atoms with Gasteiger partial charge in [-0.15, -0.1) is 0 Å². The molecule has 0 saturated heterocycles. The maximum absolute atomic E-state index is 10.8. The Bertz CT molecular complexity index is 368. The highest BCUT2D eigenvalue weighted by Gasteiger charge is 2.29. The molecule has 2 heteroatoms. The molecule has 0 radical (unpaired) electrons. The van der Waals surface area contributed by atoms with Crippen molar-refractivity contribution < 1.29 is 5.11 Å². The van der Waals surface area contributed by atoms with Gasteiger partial charge in [-0.3, -0.25) is 4.90 Å². The summed E-state index contributed by atoms with van der Waals surface area (Å²) in [5.74, 6) is 0. The summed E-state index contributed by atoms with van der Waals surface area (Å²) in [6.45, 7) is 5.90. The van der Waals surface area contributed by atoms with Gasteiger partial charge in [-0.1, -0.05) is 56.5 Å². The Labute approximate surface area is 117 Å². The van der Waals surface area contributed by atoms with Crippen LogP contribution in [0.2, 0.25) is 0 Å². The van der Waals surface area contributed by atoms with E-state index in [2.05, 4.69) is 11.8 Å². The van der Waals surface area contributed by atoms with E-state index in [1.165, 1.54) is 32.1 Å². The van der Waals surface area contributed by atoms with E-state index in [1.807, 2.05) is 37.3 Å². The maximum atomic E-state index is 10.8. The number of nitrogens with zero attached hydrogens (tertiary/aromatic N) is 1. The van der Waals surface area contributed by atoms with Crippen LogP contribution in [0.3, 0.4) is 0 Å². The molecule has 1 aliphatic rings. The highest BCUT2D eigenvalue weighted by molar-refractivity contribution is 5.21. The topological polar surface area (TPSA) is 23.5 Å². The summed E-state index contributed by atoms with van der Waals surface area (Å²) >= 11 is 0. The van der Waals surface area contributed by atoms with E-state index < -0.39 is 5.60 Å². The van der Waals surface area contributed by atoms with Crippen molar-refractivity contribution in [2.24, 2.45) is 0 Å². The quantitative estimate of drug-likeness (QED) is 0.876. The van der Waals surface area contributed by atoms with Gasteiger partial charge < -0.3 is 5.11 Å². The standard InChI is InChI=1S/C17H27NO/c1-3-18(16-12-8-5-9-13-16)14-17(2,19)15-10-6-4-7-11-15/h4,6-7,10-11,16,19H,3,5,8-9,12-14H2,1-2H3. The summed E-state index contributed by atoms with van der Waals surface area (Å²) in [4.78, 5) is 2.46. The molecule has 0 aliphatic heterocycles. The lowest BCUT2D eigenvalue weighted by Gasteiger charge is -2.38. The van der Waals surface area contributed by atoms with Gasteiger partial charge in [0, 0.05) is 12.6 Å². The molecule has 1 unspecified atom stereocenters. The van der Waals surface area contributed by atoms with Crippen LogP contribution in [0.15, 0.2) is 30.3 Å². The van der Waals surface area contributed by atoms with E-state index in [1.54, 1.807) is 0 Å². The van der Waals surface area contributed by atoms with Gasteiger partial charge in [0.15, 0.2) is 0 Å². The van der Waals surface area contributed by atoms with E-state index in [9.17, 15) is 5.11 Å². The van der Waals surface area contributed by atoms with Crippen molar-refractivity contribution in [1.82, 2.24) is 4.90 Å². The molecule has 106 valence electrons. The molecule has 2 nitrogen and oxygen atoms in total. The molecular weight excluding hydrogens is 234 g/mol. The number of hydrogen-bond donors (Lipinski definition) is 1. The molecule has 1 atom stereocenters. The van der Waals surface area contributed by atoms with Crippen LogP contribution in [-0.4, -0.2) is 29.1 Å². The fourth-order valence-electron chi connectivity index (χ4n) is 3.23. The van der Waals surface area contributed by atoms with Gasteiger partial charge in [-0.05, 0) is 31.9 Å². The third-order valence-electron chi connectivity index (χ3n) is 4.40. The van der Waals surface area contributed by atoms with Crippen LogP contribution in [0.4, 0.5) is 0 Å². The molecule has 19 heavy (non-hydrogen) atoms. The van der Waals surface area contributed by atoms with E-state index in [4.69, 9.17) is 0 Å². The molecule has 2 rings (SSSR count). The smallest absolute Gasteiger partial charge is 0.0994 e. The predicted molar refractivity (Wildman–Crippen MR) is 80.1 cm³/mol. The molecule has 1 fully saturated rings. The third-order valence-corrected chi connectivity index (χ3v) is 4.40. The van der Waals surface area contributed by atoms with Gasteiger partial charge in [0.25, 0.3) is 0 Å². The second-order valence-corrected chi connectivity index (χ2v) is 5.99. The van der Waals surface area contributed by atoms with Gasteiger partial charge in [-0.2, -0.15) is 0 Å². The largest absolute Gasteiger partial charge is 0.384 e. The van der Waals surface area contributed by atoms with Crippen molar-refractivity contribution >= 4 is 0 Å². The molecule has 0 aromatic heterocycles. The minimum Gasteiger partial charge on any atom is -0.384 e. The molecule has 1 saturated carbocycles. The Morgan fingerprint density at radius 3 is 2.37 bits per heavy atom. The Balaban J connectivity index is 2.04. The normalized spacial score (nSPS) is 20.4. The lowest BCUT2D eigenvalue weighted by Crippen LogP contribution is -2.45. The summed E-state index contributed by atoms with van der Waals surface area (Å²) in [7, 11) is 0. The lowest BCUT2D eigenvalue weighted by atomic mass is 9.91. The fourth-order valence-corrected chi connectivity index (χ4v) is 3.23. The minimum atomic E-state index is -0.755. The molecule has 0 amide bonds. The van der Waals surface area contributed by atoms with E-state index >= 15 is 0 Å². The van der Waals surface area contributed by atoms with E-state index in [0.29, 0.717) is 6.04 Å². The monoisotopic (exact) mass is 261 g/mol. The Kier molecular flexibility index (Phi) is 5.00. The molecule has 1 aromatic rings. The number of aliphatic hydroxyl groups is 1. The van der Waals surface area contributed by atoms with Crippen molar-refractivity contribution in [1.29, 1.82) is 0 Å². The predicted octanol–water partition coefficient (Wildman–Crippen LogP) is 3.55. The number of likely N-dealkylation sites (N-methyl/N-ethyl adjacent to an activating group) is 1. The Hall–Kier alpha value is -0.860. The minimum absolute atomic E-state index is 0.661. The van der Waals surface area contributed by atoms with Crippen molar-refractivity contribution in [2.45, 2.75) is 57.6 Å². The van der Waals surface area contributed by atoms with Crippen LogP contribution in [-0.2, 0) is 5.60 Å². The van der Waals surface area contributed by atoms with Crippen LogP contribution in [0.5, 0.6) is 0 Å². The lowest BCUT2D eigenvalue weighted by molar-refractivity contribution is -0.00187. The van der Waals surface area contributed by atoms with E-state index in [0.717, 1.165) is 18.7 Å². The summed E-state index contributed by atoms with van der Waals surface area (Å²) in [6.07, 6.45) is 6.64. The first-order chi connectivity index (χ1) is 9.13. The van der Waals surface area contributed by atoms with Crippen LogP contribution >= 0.6 is 0 Å². The average Bonchev–Trinajstić information content (AvgIpc) is 2.47. The molecule has 0 heterocycles. The van der Waals surface area contributed by atoms with Crippen LogP contribution in [0.1, 0.15) is 51.5 Å². The number of rotatable bonds is 5. The van der Waals surface area contributed by atoms with Gasteiger partial charge in [0.2, 0.25) is 0 Å². The number of benzene rings is 1. The summed E-state index contributed by atoms with van der Waals surface area (Å²) in [5.41, 5.74) is 0.263. The molecule has 1 aliphatic carbocycles. The second kappa shape index (κ2) is 6.53. The highest BCUT2D eigenvalue weighted by Crippen LogP contribution is 2.27. The molecule has 1 aromatic carbocycles. The van der Waals surface area contributed by atoms with Crippen molar-refractivity contribution in [3.05, 3.63) is 35.9 Å². The molecular formula is C17H27NO. The van der Waals surface area contributed by atoms with Gasteiger partial charge in [0.05, 0.1) is 5.60 Å². The van der Waals surface area contributed by atoms with Crippen molar-refractivity contribution in [2.75, 3.05) is 13.1 Å². The van der Waals surface area contributed by atoms with Gasteiger partial charge in [-0.25, -0.2) is 0 Å². The van der Waals surface area contributed by atoms with Crippen LogP contribution in [0.25, 0.3) is 0 Å². The molecule has 1 N–H and O–H groups in total. The fraction of sp³-hybridized carbons (Fsp3) is 0.647. The molecule has 0 bridgehead atoms. The molecule has 0 spiro atoms. The third kappa shape index (κ3) is 3.80. The van der Waals surface area contributed by atoms with E-state index in [-0.39, 0.29) is 0 Å². The van der Waals surface area contributed by atoms with Crippen molar-refractivity contribution in [3.63, 3.8) is 0 Å². The summed E-state index contributed by atoms with van der Waals surface area (Å²) in [5, 5.41) is 10.8. The van der Waals surface area contributed by atoms with Gasteiger partial charge >= 0.3 is 0 Å². The zero-order valence-corrected chi connectivity index (χ0v) is 12.3. The second-order valence-electron chi connectivity index (χ2n) is 5.99. The summed E-state index contributed by atoms with van der Waals surface area (Å²) < 4.78 is 0. The SMILES string of the molecule is CCN(CC(C)(O)c1ccccc1)C1CCCCC1. The van der Waals surface area contributed by atoms with Crippen molar-refractivity contribution in [3.8, 4) is 0 Å². The van der Waals surface area contributed by atoms with Crippen LogP contribution in [0, 0.1) is 0 Å². The average molecular weight is 261 g/mol. The maximum Gasteiger partial charge on any atom is 0.0994 e. The number of hydrogen-bond acceptors (Lipinski definition) is 2. The first-order valence-electron chi connectivity index (χ1n) is 7.65. The van der Waals surface area contributed by atoms with Gasteiger partial charge in [0.1, 0.15) is 0 Å². The Morgan fingerprint density at radius 1 is 1.16 bits per heavy atom. The first kappa shape index (κ1) is 14.5. The zero-order chi connectivity index (χ0) is 13.7. The van der Waals surface area contributed by atoms with Crippen LogP contribution < -0.4 is 0 Å². The highest BCUT2D eigenvalue weighted by atomic mass is 16.3.